The summed E-state index contributed by atoms with van der Waals surface area (Å²) < 4.78 is 5.17. The zero-order chi connectivity index (χ0) is 9.10. The second-order valence-corrected chi connectivity index (χ2v) is 3.08. The van der Waals surface area contributed by atoms with Crippen LogP contribution in [-0.4, -0.2) is 37.1 Å². The summed E-state index contributed by atoms with van der Waals surface area (Å²) >= 11 is 0. The molecule has 1 aliphatic heterocycles. The molecule has 3 heteroatoms. The smallest absolute Gasteiger partial charge is 0.230 e. The molecule has 0 aromatic rings. The molecule has 0 atom stereocenters. The van der Waals surface area contributed by atoms with Crippen LogP contribution in [0.1, 0.15) is 0 Å². The number of hydrogen-bond donors (Lipinski definition) is 0. The third-order valence-electron chi connectivity index (χ3n) is 2.21. The normalized spacial score (nSPS) is 25.1. The van der Waals surface area contributed by atoms with Crippen molar-refractivity contribution in [2.24, 2.45) is 0 Å². The molecular weight excluding hydrogens is 166 g/mol. The van der Waals surface area contributed by atoms with Gasteiger partial charge in [0.25, 0.3) is 0 Å². The Balaban J connectivity index is 1.87. The molecule has 1 heterocycles. The van der Waals surface area contributed by atoms with Crippen molar-refractivity contribution in [1.29, 1.82) is 0 Å². The van der Waals surface area contributed by atoms with Gasteiger partial charge in [-0.2, -0.15) is 0 Å². The lowest BCUT2D eigenvalue weighted by molar-refractivity contribution is -0.132. The monoisotopic (exact) mass is 178 g/mol. The van der Waals surface area contributed by atoms with Gasteiger partial charge >= 0.3 is 0 Å². The summed E-state index contributed by atoms with van der Waals surface area (Å²) in [6, 6.07) is 0. The van der Waals surface area contributed by atoms with Gasteiger partial charge in [-0.15, -0.1) is 0 Å². The molecule has 13 heavy (non-hydrogen) atoms. The van der Waals surface area contributed by atoms with Crippen LogP contribution in [0.5, 0.6) is 0 Å². The van der Waals surface area contributed by atoms with Crippen LogP contribution in [0.3, 0.4) is 0 Å². The molecule has 1 aliphatic carbocycles. The Kier molecular flexibility index (Phi) is 2.83. The number of rotatable bonds is 1. The van der Waals surface area contributed by atoms with Crippen LogP contribution in [0, 0.1) is 31.6 Å². The first kappa shape index (κ1) is 9.00. The van der Waals surface area contributed by atoms with E-state index in [-0.39, 0.29) is 5.91 Å². The highest BCUT2D eigenvalue weighted by Crippen LogP contribution is 2.25. The van der Waals surface area contributed by atoms with E-state index in [4.69, 9.17) is 4.74 Å². The Morgan fingerprint density at radius 1 is 1.23 bits per heavy atom. The second-order valence-electron chi connectivity index (χ2n) is 3.08. The lowest BCUT2D eigenvalue weighted by Crippen LogP contribution is -2.42. The van der Waals surface area contributed by atoms with Crippen molar-refractivity contribution in [2.45, 2.75) is 0 Å². The summed E-state index contributed by atoms with van der Waals surface area (Å²) in [7, 11) is 0. The molecule has 0 aromatic heterocycles. The predicted octanol–water partition coefficient (Wildman–Crippen LogP) is 0.250. The molecule has 1 saturated heterocycles. The van der Waals surface area contributed by atoms with Crippen molar-refractivity contribution in [3.05, 3.63) is 31.6 Å². The third kappa shape index (κ3) is 2.02. The fourth-order valence-corrected chi connectivity index (χ4v) is 1.47. The summed E-state index contributed by atoms with van der Waals surface area (Å²) in [5.74, 6) is 0.898. The van der Waals surface area contributed by atoms with Crippen LogP contribution in [-0.2, 0) is 9.53 Å². The Morgan fingerprint density at radius 3 is 2.46 bits per heavy atom. The second kappa shape index (κ2) is 4.09. The minimum absolute atomic E-state index is 0.119. The van der Waals surface area contributed by atoms with Gasteiger partial charge in [0, 0.05) is 13.1 Å². The van der Waals surface area contributed by atoms with Crippen LogP contribution in [0.25, 0.3) is 0 Å². The highest BCUT2D eigenvalue weighted by molar-refractivity contribution is 5.95. The standard InChI is InChI=1S/C10H12NO2/c12-10(9-3-1-2-4-9)11-5-7-13-8-6-11/h1-4H,5-8H2. The average molecular weight is 178 g/mol. The molecule has 3 nitrogen and oxygen atoms in total. The van der Waals surface area contributed by atoms with E-state index < -0.39 is 0 Å². The number of hydrogen-bond acceptors (Lipinski definition) is 2. The van der Waals surface area contributed by atoms with Gasteiger partial charge in [-0.25, -0.2) is 0 Å². The lowest BCUT2D eigenvalue weighted by atomic mass is 10.1. The Hall–Kier alpha value is -0.570. The summed E-state index contributed by atoms with van der Waals surface area (Å²) in [5, 5.41) is 0. The summed E-state index contributed by atoms with van der Waals surface area (Å²) in [6.45, 7) is 2.74. The minimum Gasteiger partial charge on any atom is -0.378 e. The number of morpholine rings is 1. The molecular formula is C10H12NO2. The first-order valence-corrected chi connectivity index (χ1v) is 4.46. The van der Waals surface area contributed by atoms with Gasteiger partial charge < -0.3 is 9.64 Å². The number of nitrogens with zero attached hydrogens (tertiary/aromatic N) is 1. The molecule has 2 rings (SSSR count). The Morgan fingerprint density at radius 2 is 1.85 bits per heavy atom. The highest BCUT2D eigenvalue weighted by Gasteiger charge is 2.29. The van der Waals surface area contributed by atoms with Crippen molar-refractivity contribution in [2.75, 3.05) is 26.3 Å². The number of carbonyl (C=O) groups is 1. The Bertz CT molecular complexity index is 181. The lowest BCUT2D eigenvalue weighted by Gasteiger charge is -2.28. The van der Waals surface area contributed by atoms with E-state index in [2.05, 4.69) is 0 Å². The van der Waals surface area contributed by atoms with Crippen LogP contribution in [0.2, 0.25) is 0 Å². The number of ether oxygens (including phenoxy) is 1. The van der Waals surface area contributed by atoms with E-state index in [9.17, 15) is 4.79 Å². The van der Waals surface area contributed by atoms with Gasteiger partial charge in [-0.3, -0.25) is 4.79 Å². The third-order valence-corrected chi connectivity index (χ3v) is 2.21. The van der Waals surface area contributed by atoms with Crippen LogP contribution >= 0.6 is 0 Å². The number of amides is 1. The molecule has 0 unspecified atom stereocenters. The van der Waals surface area contributed by atoms with E-state index in [1.54, 1.807) is 0 Å². The first-order chi connectivity index (χ1) is 6.38. The van der Waals surface area contributed by atoms with Gasteiger partial charge in [0.15, 0.2) is 0 Å². The molecule has 0 N–H and O–H groups in total. The summed E-state index contributed by atoms with van der Waals surface area (Å²) in [6.07, 6.45) is 7.46. The van der Waals surface area contributed by atoms with Crippen molar-refractivity contribution in [3.63, 3.8) is 0 Å². The molecule has 5 radical (unpaired) electrons. The zero-order valence-electron chi connectivity index (χ0n) is 7.40. The van der Waals surface area contributed by atoms with Gasteiger partial charge in [-0.05, 0) is 25.7 Å². The van der Waals surface area contributed by atoms with E-state index in [0.29, 0.717) is 26.3 Å². The first-order valence-electron chi connectivity index (χ1n) is 4.46. The SMILES string of the molecule is O=C([C]1[CH][CH][CH][CH]1)N1CCOCC1. The van der Waals surface area contributed by atoms with Gasteiger partial charge in [0.1, 0.15) is 0 Å². The predicted molar refractivity (Wildman–Crippen MR) is 47.8 cm³/mol. The quantitative estimate of drug-likeness (QED) is 0.576. The van der Waals surface area contributed by atoms with Crippen molar-refractivity contribution in [1.82, 2.24) is 4.90 Å². The minimum atomic E-state index is 0.119. The van der Waals surface area contributed by atoms with Crippen LogP contribution in [0.15, 0.2) is 0 Å². The molecule has 1 saturated carbocycles. The van der Waals surface area contributed by atoms with Gasteiger partial charge in [0.2, 0.25) is 5.91 Å². The van der Waals surface area contributed by atoms with Gasteiger partial charge in [0.05, 0.1) is 19.1 Å². The highest BCUT2D eigenvalue weighted by atomic mass is 16.5. The Labute approximate surface area is 79.0 Å². The number of carbonyl (C=O) groups excluding carboxylic acids is 1. The van der Waals surface area contributed by atoms with Crippen molar-refractivity contribution in [3.8, 4) is 0 Å². The topological polar surface area (TPSA) is 29.5 Å². The molecule has 2 fully saturated rings. The van der Waals surface area contributed by atoms with Crippen molar-refractivity contribution < 1.29 is 9.53 Å². The largest absolute Gasteiger partial charge is 0.378 e. The van der Waals surface area contributed by atoms with E-state index in [1.807, 2.05) is 30.6 Å². The van der Waals surface area contributed by atoms with Gasteiger partial charge in [-0.1, -0.05) is 0 Å². The maximum atomic E-state index is 11.7. The average Bonchev–Trinajstić information content (AvgIpc) is 2.71. The van der Waals surface area contributed by atoms with Crippen LogP contribution < -0.4 is 0 Å². The maximum Gasteiger partial charge on any atom is 0.230 e. The van der Waals surface area contributed by atoms with Crippen LogP contribution in [0.4, 0.5) is 0 Å². The molecule has 0 aromatic carbocycles. The molecule has 1 amide bonds. The summed E-state index contributed by atoms with van der Waals surface area (Å²) in [5.41, 5.74) is 0. The molecule has 69 valence electrons. The maximum absolute atomic E-state index is 11.7. The molecule has 2 aliphatic rings. The van der Waals surface area contributed by atoms with E-state index >= 15 is 0 Å². The fourth-order valence-electron chi connectivity index (χ4n) is 1.47. The zero-order valence-corrected chi connectivity index (χ0v) is 7.40. The fraction of sp³-hybridized carbons (Fsp3) is 0.400. The van der Waals surface area contributed by atoms with Crippen molar-refractivity contribution >= 4 is 5.91 Å². The van der Waals surface area contributed by atoms with E-state index in [1.165, 1.54) is 0 Å². The summed E-state index contributed by atoms with van der Waals surface area (Å²) in [4.78, 5) is 13.6. The molecule has 0 spiro atoms. The van der Waals surface area contributed by atoms with E-state index in [0.717, 1.165) is 5.92 Å². The molecule has 0 bridgehead atoms.